The van der Waals surface area contributed by atoms with Gasteiger partial charge in [-0.2, -0.15) is 5.10 Å². The Hall–Kier alpha value is -1.73. The number of nitrogens with zero attached hydrogens (tertiary/aromatic N) is 5. The summed E-state index contributed by atoms with van der Waals surface area (Å²) in [4.78, 5) is 20.9. The molecule has 0 unspecified atom stereocenters. The zero-order valence-electron chi connectivity index (χ0n) is 13.2. The number of carbonyl (C=O) groups is 1. The van der Waals surface area contributed by atoms with Gasteiger partial charge in [-0.1, -0.05) is 0 Å². The molecule has 0 fully saturated rings. The number of aryl methyl sites for hydroxylation is 1. The predicted octanol–water partition coefficient (Wildman–Crippen LogP) is 1.37. The molecular weight excluding hydrogens is 298 g/mol. The van der Waals surface area contributed by atoms with Crippen LogP contribution in [0.2, 0.25) is 0 Å². The van der Waals surface area contributed by atoms with Crippen LogP contribution in [0.25, 0.3) is 0 Å². The molecule has 3 rings (SSSR count). The summed E-state index contributed by atoms with van der Waals surface area (Å²) < 4.78 is 1.96. The lowest BCUT2D eigenvalue weighted by molar-refractivity contribution is -0.134. The molecule has 0 radical (unpaired) electrons. The lowest BCUT2D eigenvalue weighted by Gasteiger charge is -2.24. The third-order valence-electron chi connectivity index (χ3n) is 3.90. The van der Waals surface area contributed by atoms with Gasteiger partial charge >= 0.3 is 0 Å². The van der Waals surface area contributed by atoms with Gasteiger partial charge in [-0.25, -0.2) is 4.98 Å². The van der Waals surface area contributed by atoms with Crippen LogP contribution in [0.1, 0.15) is 16.4 Å². The van der Waals surface area contributed by atoms with Gasteiger partial charge in [-0.05, 0) is 13.0 Å². The van der Waals surface area contributed by atoms with Gasteiger partial charge in [-0.3, -0.25) is 14.4 Å². The molecule has 0 spiro atoms. The third-order valence-corrected chi connectivity index (χ3v) is 4.73. The van der Waals surface area contributed by atoms with Crippen LogP contribution in [0.3, 0.4) is 0 Å². The van der Waals surface area contributed by atoms with Gasteiger partial charge in [0, 0.05) is 45.3 Å². The Morgan fingerprint density at radius 3 is 2.95 bits per heavy atom. The highest BCUT2D eigenvalue weighted by molar-refractivity contribution is 7.09. The lowest BCUT2D eigenvalue weighted by Crippen LogP contribution is -2.38. The average molecular weight is 319 g/mol. The predicted molar refractivity (Wildman–Crippen MR) is 85.4 cm³/mol. The van der Waals surface area contributed by atoms with Crippen LogP contribution in [0, 0.1) is 12.8 Å². The maximum absolute atomic E-state index is 12.4. The number of carbonyl (C=O) groups excluding carboxylic acids is 1. The topological polar surface area (TPSA) is 54.3 Å². The highest BCUT2D eigenvalue weighted by Gasteiger charge is 2.28. The first kappa shape index (κ1) is 15.2. The highest BCUT2D eigenvalue weighted by Crippen LogP contribution is 2.20. The van der Waals surface area contributed by atoms with Gasteiger partial charge in [0.1, 0.15) is 0 Å². The Morgan fingerprint density at radius 2 is 2.27 bits per heavy atom. The van der Waals surface area contributed by atoms with Crippen LogP contribution in [0.5, 0.6) is 0 Å². The molecule has 0 saturated heterocycles. The maximum Gasteiger partial charge on any atom is 0.228 e. The van der Waals surface area contributed by atoms with E-state index < -0.39 is 0 Å². The summed E-state index contributed by atoms with van der Waals surface area (Å²) in [6.45, 7) is 4.97. The van der Waals surface area contributed by atoms with E-state index in [1.165, 1.54) is 0 Å². The zero-order valence-corrected chi connectivity index (χ0v) is 14.0. The van der Waals surface area contributed by atoms with E-state index in [0.29, 0.717) is 6.54 Å². The molecule has 2 aromatic heterocycles. The fraction of sp³-hybridized carbons (Fsp3) is 0.533. The SMILES string of the molecule is Cc1nc(CN2Cc3ccnn3C[C@@H](C(=O)N(C)C)C2)cs1. The summed E-state index contributed by atoms with van der Waals surface area (Å²) in [5, 5.41) is 7.54. The Labute approximate surface area is 134 Å². The van der Waals surface area contributed by atoms with Crippen molar-refractivity contribution >= 4 is 17.2 Å². The van der Waals surface area contributed by atoms with Gasteiger partial charge in [-0.15, -0.1) is 11.3 Å². The van der Waals surface area contributed by atoms with E-state index in [1.807, 2.05) is 38.0 Å². The summed E-state index contributed by atoms with van der Waals surface area (Å²) in [7, 11) is 3.62. The van der Waals surface area contributed by atoms with E-state index in [-0.39, 0.29) is 11.8 Å². The first-order valence-corrected chi connectivity index (χ1v) is 8.26. The molecule has 22 heavy (non-hydrogen) atoms. The third kappa shape index (κ3) is 3.20. The minimum atomic E-state index is -0.0733. The summed E-state index contributed by atoms with van der Waals surface area (Å²) in [6, 6.07) is 2.03. The standard InChI is InChI=1S/C15H21N5OS/c1-11-17-13(10-22-11)8-19-6-12(15(21)18(2)3)7-20-14(9-19)4-5-16-20/h4-5,10,12H,6-9H2,1-3H3/t12-/m0/s1. The number of aromatic nitrogens is 3. The van der Waals surface area contributed by atoms with Crippen molar-refractivity contribution in [2.45, 2.75) is 26.6 Å². The molecule has 2 aromatic rings. The number of hydrogen-bond donors (Lipinski definition) is 0. The number of rotatable bonds is 3. The van der Waals surface area contributed by atoms with Crippen LogP contribution < -0.4 is 0 Å². The quantitative estimate of drug-likeness (QED) is 0.857. The smallest absolute Gasteiger partial charge is 0.228 e. The normalized spacial score (nSPS) is 18.8. The molecule has 0 aromatic carbocycles. The number of hydrogen-bond acceptors (Lipinski definition) is 5. The maximum atomic E-state index is 12.4. The number of amides is 1. The monoisotopic (exact) mass is 319 g/mol. The molecule has 118 valence electrons. The second-order valence-electron chi connectivity index (χ2n) is 5.96. The van der Waals surface area contributed by atoms with Gasteiger partial charge in [0.05, 0.1) is 28.9 Å². The molecule has 1 atom stereocenters. The van der Waals surface area contributed by atoms with Gasteiger partial charge in [0.2, 0.25) is 5.91 Å². The fourth-order valence-corrected chi connectivity index (χ4v) is 3.49. The molecule has 1 aliphatic heterocycles. The Kier molecular flexibility index (Phi) is 4.26. The Morgan fingerprint density at radius 1 is 1.45 bits per heavy atom. The van der Waals surface area contributed by atoms with Gasteiger partial charge in [0.15, 0.2) is 0 Å². The number of fused-ring (bicyclic) bond motifs is 1. The van der Waals surface area contributed by atoms with E-state index in [1.54, 1.807) is 16.2 Å². The van der Waals surface area contributed by atoms with E-state index in [4.69, 9.17) is 0 Å². The molecule has 1 amide bonds. The van der Waals surface area contributed by atoms with Crippen molar-refractivity contribution in [3.8, 4) is 0 Å². The highest BCUT2D eigenvalue weighted by atomic mass is 32.1. The minimum Gasteiger partial charge on any atom is -0.348 e. The van der Waals surface area contributed by atoms with Crippen molar-refractivity contribution in [1.29, 1.82) is 0 Å². The van der Waals surface area contributed by atoms with Gasteiger partial charge < -0.3 is 4.90 Å². The molecule has 0 N–H and O–H groups in total. The molecule has 3 heterocycles. The summed E-state index contributed by atoms with van der Waals surface area (Å²) in [6.07, 6.45) is 1.81. The van der Waals surface area contributed by atoms with E-state index in [0.717, 1.165) is 36.0 Å². The first-order chi connectivity index (χ1) is 10.5. The van der Waals surface area contributed by atoms with E-state index >= 15 is 0 Å². The minimum absolute atomic E-state index is 0.0733. The van der Waals surface area contributed by atoms with Crippen LogP contribution in [-0.4, -0.2) is 51.1 Å². The second-order valence-corrected chi connectivity index (χ2v) is 7.02. The van der Waals surface area contributed by atoms with Crippen LogP contribution >= 0.6 is 11.3 Å². The van der Waals surface area contributed by atoms with Gasteiger partial charge in [0.25, 0.3) is 0 Å². The second kappa shape index (κ2) is 6.18. The zero-order chi connectivity index (χ0) is 15.7. The first-order valence-electron chi connectivity index (χ1n) is 7.38. The molecule has 0 aliphatic carbocycles. The van der Waals surface area contributed by atoms with Crippen LogP contribution in [0.15, 0.2) is 17.6 Å². The molecule has 6 nitrogen and oxygen atoms in total. The number of thiazole rings is 1. The van der Waals surface area contributed by atoms with Crippen molar-refractivity contribution in [1.82, 2.24) is 24.6 Å². The Bertz CT molecular complexity index is 662. The van der Waals surface area contributed by atoms with Crippen molar-refractivity contribution in [3.05, 3.63) is 34.0 Å². The fourth-order valence-electron chi connectivity index (χ4n) is 2.88. The van der Waals surface area contributed by atoms with Crippen molar-refractivity contribution in [2.24, 2.45) is 5.92 Å². The average Bonchev–Trinajstić information content (AvgIpc) is 3.03. The van der Waals surface area contributed by atoms with Crippen LogP contribution in [0.4, 0.5) is 0 Å². The molecule has 1 aliphatic rings. The van der Waals surface area contributed by atoms with E-state index in [2.05, 4.69) is 20.4 Å². The summed E-state index contributed by atoms with van der Waals surface area (Å²) in [5.41, 5.74) is 2.23. The van der Waals surface area contributed by atoms with E-state index in [9.17, 15) is 4.79 Å². The summed E-state index contributed by atoms with van der Waals surface area (Å²) >= 11 is 1.67. The molecule has 0 bridgehead atoms. The summed E-state index contributed by atoms with van der Waals surface area (Å²) in [5.74, 6) is 0.0821. The molecule has 7 heteroatoms. The lowest BCUT2D eigenvalue weighted by atomic mass is 10.1. The Balaban J connectivity index is 1.82. The van der Waals surface area contributed by atoms with Crippen molar-refractivity contribution < 1.29 is 4.79 Å². The largest absolute Gasteiger partial charge is 0.348 e. The molecule has 0 saturated carbocycles. The molecular formula is C15H21N5OS. The van der Waals surface area contributed by atoms with Crippen molar-refractivity contribution in [3.63, 3.8) is 0 Å². The van der Waals surface area contributed by atoms with Crippen LogP contribution in [-0.2, 0) is 24.4 Å². The van der Waals surface area contributed by atoms with Crippen molar-refractivity contribution in [2.75, 3.05) is 20.6 Å².